The topological polar surface area (TPSA) is 21.1 Å². The van der Waals surface area contributed by atoms with Gasteiger partial charge in [0.05, 0.1) is 16.7 Å². The summed E-state index contributed by atoms with van der Waals surface area (Å²) < 4.78 is 2.58. The van der Waals surface area contributed by atoms with E-state index in [2.05, 4.69) is 313 Å². The van der Waals surface area contributed by atoms with Crippen LogP contribution in [0.25, 0.3) is 27.5 Å². The summed E-state index contributed by atoms with van der Waals surface area (Å²) in [6.45, 7) is 13.8. The van der Waals surface area contributed by atoms with Crippen LogP contribution in [0.15, 0.2) is 243 Å². The lowest BCUT2D eigenvalue weighted by atomic mass is 9.30. The van der Waals surface area contributed by atoms with Crippen LogP contribution < -0.4 is 57.3 Å². The predicted octanol–water partition coefficient (Wildman–Crippen LogP) is 19.0. The highest BCUT2D eigenvalue weighted by Crippen LogP contribution is 2.52. The van der Waals surface area contributed by atoms with Crippen molar-refractivity contribution in [1.29, 1.82) is 0 Å². The van der Waals surface area contributed by atoms with Crippen LogP contribution in [0.4, 0.5) is 73.9 Å². The molecule has 5 heterocycles. The van der Waals surface area contributed by atoms with Crippen molar-refractivity contribution in [3.63, 3.8) is 0 Å². The van der Waals surface area contributed by atoms with E-state index < -0.39 is 0 Å². The Kier molecular flexibility index (Phi) is 13.3. The highest BCUT2D eigenvalue weighted by Gasteiger charge is 2.49. The summed E-state index contributed by atoms with van der Waals surface area (Å²) in [4.78, 5) is 13.5. The van der Waals surface area contributed by atoms with Gasteiger partial charge in [-0.1, -0.05) is 207 Å². The van der Waals surface area contributed by atoms with Crippen LogP contribution >= 0.6 is 0 Å². The monoisotopic (exact) mass is 1220 g/mol. The normalized spacial score (nSPS) is 16.0. The highest BCUT2D eigenvalue weighted by molar-refractivity contribution is 7.03. The summed E-state index contributed by atoms with van der Waals surface area (Å²) in [5.41, 5.74) is 29.9. The van der Waals surface area contributed by atoms with Gasteiger partial charge in [-0.2, -0.15) is 0 Å². The first-order valence-corrected chi connectivity index (χ1v) is 34.9. The van der Waals surface area contributed by atoms with Crippen molar-refractivity contribution in [3.05, 3.63) is 254 Å². The molecule has 18 rings (SSSR count). The van der Waals surface area contributed by atoms with Crippen LogP contribution in [0, 0.1) is 0 Å². The first-order chi connectivity index (χ1) is 45.9. The van der Waals surface area contributed by atoms with E-state index in [4.69, 9.17) is 0 Å². The van der Waals surface area contributed by atoms with Crippen molar-refractivity contribution in [2.45, 2.75) is 129 Å². The molecule has 4 aliphatic heterocycles. The first kappa shape index (κ1) is 57.0. The molecule has 12 aromatic rings. The lowest BCUT2D eigenvalue weighted by molar-refractivity contribution is 0.340. The van der Waals surface area contributed by atoms with E-state index in [1.807, 2.05) is 0 Å². The third-order valence-corrected chi connectivity index (χ3v) is 22.1. The van der Waals surface area contributed by atoms with Crippen LogP contribution in [0.5, 0.6) is 0 Å². The zero-order valence-corrected chi connectivity index (χ0v) is 55.2. The summed E-state index contributed by atoms with van der Waals surface area (Å²) in [5.74, 6) is 0. The van der Waals surface area contributed by atoms with Gasteiger partial charge < -0.3 is 29.1 Å². The van der Waals surface area contributed by atoms with E-state index in [-0.39, 0.29) is 24.3 Å². The van der Waals surface area contributed by atoms with E-state index in [1.54, 1.807) is 0 Å². The predicted molar refractivity (Wildman–Crippen MR) is 402 cm³/mol. The number of hydrogen-bond donors (Lipinski definition) is 0. The fraction of sp³-hybridized carbons (Fsp3) is 0.233. The number of nitrogens with zero attached hydrogens (tertiary/aromatic N) is 6. The molecule has 6 aliphatic rings. The van der Waals surface area contributed by atoms with Gasteiger partial charge in [-0.25, -0.2) is 0 Å². The molecule has 2 fully saturated rings. The first-order valence-electron chi connectivity index (χ1n) is 34.9. The highest BCUT2D eigenvalue weighted by atomic mass is 15.2. The second-order valence-corrected chi connectivity index (χ2v) is 29.7. The van der Waals surface area contributed by atoms with Crippen molar-refractivity contribution in [2.75, 3.05) is 24.5 Å². The number of fused-ring (bicyclic) bond motifs is 11. The van der Waals surface area contributed by atoms with Crippen molar-refractivity contribution >= 4 is 142 Å². The fourth-order valence-electron chi connectivity index (χ4n) is 17.7. The van der Waals surface area contributed by atoms with Gasteiger partial charge in [0.2, 0.25) is 0 Å². The maximum Gasteiger partial charge on any atom is 0.252 e. The summed E-state index contributed by atoms with van der Waals surface area (Å²) in [6, 6.07) is 95.0. The molecule has 0 unspecified atom stereocenters. The van der Waals surface area contributed by atoms with E-state index in [1.165, 1.54) is 187 Å². The molecule has 0 bridgehead atoms. The molecule has 11 aromatic carbocycles. The maximum atomic E-state index is 2.98. The van der Waals surface area contributed by atoms with Crippen LogP contribution in [0.1, 0.15) is 117 Å². The van der Waals surface area contributed by atoms with Gasteiger partial charge in [0.25, 0.3) is 13.4 Å². The Hall–Kier alpha value is -9.65. The van der Waals surface area contributed by atoms with Gasteiger partial charge in [-0.05, 0) is 196 Å². The molecule has 6 nitrogen and oxygen atoms in total. The molecule has 2 aliphatic carbocycles. The Labute approximate surface area is 555 Å². The minimum atomic E-state index is -0.120. The van der Waals surface area contributed by atoms with Gasteiger partial charge in [-0.3, -0.25) is 0 Å². The average Bonchev–Trinajstić information content (AvgIpc) is 0.752. The average molecular weight is 1220 g/mol. The smallest absolute Gasteiger partial charge is 0.252 e. The van der Waals surface area contributed by atoms with Gasteiger partial charge >= 0.3 is 0 Å². The summed E-state index contributed by atoms with van der Waals surface area (Å²) >= 11 is 0. The third-order valence-electron chi connectivity index (χ3n) is 22.1. The van der Waals surface area contributed by atoms with E-state index in [0.29, 0.717) is 12.1 Å². The second-order valence-electron chi connectivity index (χ2n) is 29.7. The molecule has 0 radical (unpaired) electrons. The molecule has 0 amide bonds. The Balaban J connectivity index is 0.950. The van der Waals surface area contributed by atoms with Crippen LogP contribution in [0.3, 0.4) is 0 Å². The van der Waals surface area contributed by atoms with E-state index >= 15 is 0 Å². The minimum absolute atomic E-state index is 0.0303. The van der Waals surface area contributed by atoms with E-state index in [0.717, 1.165) is 22.7 Å². The van der Waals surface area contributed by atoms with Crippen LogP contribution in [-0.2, 0) is 10.8 Å². The van der Waals surface area contributed by atoms with E-state index in [9.17, 15) is 0 Å². The standard InChI is InChI=1S/C86H80B2N6/c1-85(2,3)57-45-47-73-67(49-57)68-50-58(86(4,5)6)46-48-74(68)94(73)66-53-80-84-82(54-66)93(64-39-23-12-24-40-64)78-56-77-71(55-72(78)88(84)70-42-26-28-44-76(70)91(80)62-35-19-10-20-36-62)87-69-41-25-27-43-75(69)90(61-33-17-9-18-34-61)79-51-65(52-81(83(79)87)92(77)63-37-21-11-22-38-63)89(59-29-13-7-14-30-59)60-31-15-8-16-32-60/h9-12,17-28,33-56,59-60H,7-8,13-16,29-32H2,1-6H3. The zero-order valence-electron chi connectivity index (χ0n) is 55.2. The summed E-state index contributed by atoms with van der Waals surface area (Å²) in [7, 11) is 0. The fourth-order valence-corrected chi connectivity index (χ4v) is 17.7. The summed E-state index contributed by atoms with van der Waals surface area (Å²) in [6.07, 6.45) is 12.8. The van der Waals surface area contributed by atoms with Crippen molar-refractivity contribution in [2.24, 2.45) is 0 Å². The Morgan fingerprint density at radius 3 is 1.04 bits per heavy atom. The number of hydrogen-bond acceptors (Lipinski definition) is 5. The molecular weight excluding hydrogens is 1140 g/mol. The van der Waals surface area contributed by atoms with Gasteiger partial charge in [-0.15, -0.1) is 0 Å². The Bertz CT molecular complexity index is 4850. The number of para-hydroxylation sites is 6. The Morgan fingerprint density at radius 1 is 0.309 bits per heavy atom. The molecule has 1 aromatic heterocycles. The minimum Gasteiger partial charge on any atom is -0.365 e. The quantitative estimate of drug-likeness (QED) is 0.141. The molecule has 0 spiro atoms. The van der Waals surface area contributed by atoms with Crippen molar-refractivity contribution in [3.8, 4) is 5.69 Å². The molecule has 2 saturated carbocycles. The maximum absolute atomic E-state index is 2.98. The summed E-state index contributed by atoms with van der Waals surface area (Å²) in [5, 5.41) is 2.56. The molecule has 460 valence electrons. The van der Waals surface area contributed by atoms with Gasteiger partial charge in [0.15, 0.2) is 0 Å². The molecule has 0 atom stereocenters. The largest absolute Gasteiger partial charge is 0.365 e. The lowest BCUT2D eigenvalue weighted by Gasteiger charge is -2.48. The van der Waals surface area contributed by atoms with Gasteiger partial charge in [0.1, 0.15) is 0 Å². The third kappa shape index (κ3) is 8.98. The Morgan fingerprint density at radius 2 is 0.660 bits per heavy atom. The number of aromatic nitrogens is 1. The van der Waals surface area contributed by atoms with Crippen molar-refractivity contribution in [1.82, 2.24) is 4.57 Å². The molecule has 0 N–H and O–H groups in total. The number of benzene rings is 11. The van der Waals surface area contributed by atoms with Crippen molar-refractivity contribution < 1.29 is 0 Å². The molecule has 94 heavy (non-hydrogen) atoms. The van der Waals surface area contributed by atoms with Gasteiger partial charge in [0, 0.05) is 96.8 Å². The molecule has 8 heteroatoms. The lowest BCUT2D eigenvalue weighted by Crippen LogP contribution is -2.65. The molecular formula is C86H80B2N6. The van der Waals surface area contributed by atoms with Crippen LogP contribution in [-0.4, -0.2) is 30.1 Å². The number of rotatable bonds is 8. The van der Waals surface area contributed by atoms with Crippen LogP contribution in [0.2, 0.25) is 0 Å². The SMILES string of the molecule is CC(C)(C)c1ccc2c(c1)c1cc(C(C)(C)C)ccc1n2-c1cc2c3c(c1)N(c1ccccc1)c1cc4c(cc1B3c1ccccc1N2c1ccccc1)B1c2ccccc2N(c2ccccc2)c2cc(N(C3CCCCC3)C3CCCCC3)cc(c21)N4c1ccccc1. The second kappa shape index (κ2) is 22.0. The number of anilines is 13. The zero-order chi connectivity index (χ0) is 63.1. The molecule has 0 saturated heterocycles.